The van der Waals surface area contributed by atoms with Gasteiger partial charge in [-0.2, -0.15) is 0 Å². The molecule has 0 saturated carbocycles. The third-order valence-electron chi connectivity index (χ3n) is 5.37. The first kappa shape index (κ1) is 22.6. The van der Waals surface area contributed by atoms with Gasteiger partial charge in [-0.05, 0) is 46.7 Å². The predicted octanol–water partition coefficient (Wildman–Crippen LogP) is 4.87. The molecule has 1 fully saturated rings. The summed E-state index contributed by atoms with van der Waals surface area (Å²) in [4.78, 5) is 14.7. The van der Waals surface area contributed by atoms with Crippen LogP contribution in [0.2, 0.25) is 5.02 Å². The predicted molar refractivity (Wildman–Crippen MR) is 123 cm³/mol. The van der Waals surface area contributed by atoms with Gasteiger partial charge < -0.3 is 4.90 Å². The fourth-order valence-electron chi connectivity index (χ4n) is 3.60. The molecule has 2 aromatic carbocycles. The van der Waals surface area contributed by atoms with Crippen LogP contribution in [0.25, 0.3) is 6.08 Å². The van der Waals surface area contributed by atoms with E-state index in [1.807, 2.05) is 24.3 Å². The number of hydrogen-bond acceptors (Lipinski definition) is 3. The molecule has 1 amide bonds. The minimum absolute atomic E-state index is 0.00737. The molecule has 4 nitrogen and oxygen atoms in total. The summed E-state index contributed by atoms with van der Waals surface area (Å²) in [6.45, 7) is 6.80. The van der Waals surface area contributed by atoms with Crippen LogP contribution >= 0.6 is 11.6 Å². The molecule has 0 bridgehead atoms. The Balaban J connectivity index is 1.80. The number of rotatable bonds is 5. The molecule has 0 radical (unpaired) electrons. The van der Waals surface area contributed by atoms with E-state index in [1.165, 1.54) is 11.6 Å². The summed E-state index contributed by atoms with van der Waals surface area (Å²) < 4.78 is 24.0. The molecule has 1 aliphatic rings. The molecule has 1 aliphatic heterocycles. The molecule has 1 atom stereocenters. The molecule has 160 valence electrons. The Morgan fingerprint density at radius 2 is 1.87 bits per heavy atom. The highest BCUT2D eigenvalue weighted by atomic mass is 35.5. The van der Waals surface area contributed by atoms with Crippen molar-refractivity contribution >= 4 is 33.4 Å². The lowest BCUT2D eigenvalue weighted by Crippen LogP contribution is -2.39. The van der Waals surface area contributed by atoms with E-state index in [0.29, 0.717) is 18.0 Å². The van der Waals surface area contributed by atoms with E-state index in [-0.39, 0.29) is 28.9 Å². The van der Waals surface area contributed by atoms with Gasteiger partial charge in [-0.15, -0.1) is 0 Å². The molecule has 0 unspecified atom stereocenters. The second-order valence-corrected chi connectivity index (χ2v) is 11.5. The molecule has 0 aliphatic carbocycles. The van der Waals surface area contributed by atoms with Gasteiger partial charge >= 0.3 is 0 Å². The van der Waals surface area contributed by atoms with E-state index in [2.05, 4.69) is 32.9 Å². The van der Waals surface area contributed by atoms with E-state index < -0.39 is 9.84 Å². The van der Waals surface area contributed by atoms with Gasteiger partial charge in [-0.25, -0.2) is 8.42 Å². The number of hydrogen-bond donors (Lipinski definition) is 0. The lowest BCUT2D eigenvalue weighted by atomic mass is 9.87. The van der Waals surface area contributed by atoms with Gasteiger partial charge in [0.1, 0.15) is 0 Å². The van der Waals surface area contributed by atoms with Crippen LogP contribution in [0.1, 0.15) is 43.9 Å². The number of carbonyl (C=O) groups is 1. The first-order valence-electron chi connectivity index (χ1n) is 10.1. The zero-order chi connectivity index (χ0) is 21.9. The van der Waals surface area contributed by atoms with Gasteiger partial charge in [0, 0.05) is 23.7 Å². The van der Waals surface area contributed by atoms with E-state index >= 15 is 0 Å². The maximum absolute atomic E-state index is 13.0. The Morgan fingerprint density at radius 3 is 2.43 bits per heavy atom. The molecule has 6 heteroatoms. The first-order valence-corrected chi connectivity index (χ1v) is 12.3. The summed E-state index contributed by atoms with van der Waals surface area (Å²) in [5.41, 5.74) is 3.10. The van der Waals surface area contributed by atoms with Gasteiger partial charge in [0.25, 0.3) is 0 Å². The van der Waals surface area contributed by atoms with Crippen LogP contribution in [0.4, 0.5) is 0 Å². The van der Waals surface area contributed by atoms with Crippen molar-refractivity contribution < 1.29 is 13.2 Å². The Hall–Kier alpha value is -2.11. The van der Waals surface area contributed by atoms with Gasteiger partial charge in [-0.1, -0.05) is 68.8 Å². The summed E-state index contributed by atoms with van der Waals surface area (Å²) in [6.07, 6.45) is 3.77. The maximum atomic E-state index is 13.0. The second kappa shape index (κ2) is 8.94. The standard InChI is InChI=1S/C24H28ClNO3S/c1-24(2,3)20-10-7-18(8-11-20)9-12-23(27)26(22-13-14-30(28,29)17-22)16-19-5-4-6-21(25)15-19/h4-12,15,22H,13-14,16-17H2,1-3H3/b12-9+/t22-/m1/s1. The van der Waals surface area contributed by atoms with Crippen molar-refractivity contribution in [2.45, 2.75) is 45.2 Å². The Kier molecular flexibility index (Phi) is 6.73. The van der Waals surface area contributed by atoms with Crippen LogP contribution in [0.5, 0.6) is 0 Å². The van der Waals surface area contributed by atoms with Crippen LogP contribution in [0.15, 0.2) is 54.6 Å². The fraction of sp³-hybridized carbons (Fsp3) is 0.375. The molecule has 0 N–H and O–H groups in total. The van der Waals surface area contributed by atoms with E-state index in [0.717, 1.165) is 11.1 Å². The fourth-order valence-corrected chi connectivity index (χ4v) is 5.54. The number of halogens is 1. The SMILES string of the molecule is CC(C)(C)c1ccc(/C=C/C(=O)N(Cc2cccc(Cl)c2)[C@@H]2CCS(=O)(=O)C2)cc1. The average Bonchev–Trinajstić information content (AvgIpc) is 3.03. The average molecular weight is 446 g/mol. The summed E-state index contributed by atoms with van der Waals surface area (Å²) in [5.74, 6) is -0.0699. The molecular formula is C24H28ClNO3S. The topological polar surface area (TPSA) is 54.5 Å². The van der Waals surface area contributed by atoms with Gasteiger partial charge in [-0.3, -0.25) is 4.79 Å². The van der Waals surface area contributed by atoms with Gasteiger partial charge in [0.15, 0.2) is 9.84 Å². The van der Waals surface area contributed by atoms with E-state index in [4.69, 9.17) is 11.6 Å². The molecule has 2 aromatic rings. The number of amides is 1. The van der Waals surface area contributed by atoms with Crippen LogP contribution in [0.3, 0.4) is 0 Å². The van der Waals surface area contributed by atoms with Crippen LogP contribution in [-0.4, -0.2) is 36.8 Å². The largest absolute Gasteiger partial charge is 0.331 e. The summed E-state index contributed by atoms with van der Waals surface area (Å²) in [7, 11) is -3.10. The number of sulfone groups is 1. The highest BCUT2D eigenvalue weighted by molar-refractivity contribution is 7.91. The van der Waals surface area contributed by atoms with E-state index in [9.17, 15) is 13.2 Å². The lowest BCUT2D eigenvalue weighted by Gasteiger charge is -2.27. The van der Waals surface area contributed by atoms with Crippen LogP contribution in [-0.2, 0) is 26.6 Å². The highest BCUT2D eigenvalue weighted by Crippen LogP contribution is 2.24. The quantitative estimate of drug-likeness (QED) is 0.617. The number of nitrogens with zero attached hydrogens (tertiary/aromatic N) is 1. The Bertz CT molecular complexity index is 1040. The van der Waals surface area contributed by atoms with Gasteiger partial charge in [0.05, 0.1) is 11.5 Å². The van der Waals surface area contributed by atoms with Crippen molar-refractivity contribution in [3.63, 3.8) is 0 Å². The highest BCUT2D eigenvalue weighted by Gasteiger charge is 2.34. The number of benzene rings is 2. The Labute approximate surface area is 184 Å². The third kappa shape index (κ3) is 5.96. The molecule has 1 heterocycles. The lowest BCUT2D eigenvalue weighted by molar-refractivity contribution is -0.128. The first-order chi connectivity index (χ1) is 14.0. The minimum Gasteiger partial charge on any atom is -0.331 e. The third-order valence-corrected chi connectivity index (χ3v) is 7.35. The van der Waals surface area contributed by atoms with Gasteiger partial charge in [0.2, 0.25) is 5.91 Å². The van der Waals surface area contributed by atoms with Crippen molar-refractivity contribution in [3.8, 4) is 0 Å². The maximum Gasteiger partial charge on any atom is 0.247 e. The molecule has 3 rings (SSSR count). The van der Waals surface area contributed by atoms with Crippen molar-refractivity contribution in [2.24, 2.45) is 0 Å². The zero-order valence-electron chi connectivity index (χ0n) is 17.6. The summed E-state index contributed by atoms with van der Waals surface area (Å²) in [5, 5.41) is 0.591. The smallest absolute Gasteiger partial charge is 0.247 e. The number of carbonyl (C=O) groups excluding carboxylic acids is 1. The summed E-state index contributed by atoms with van der Waals surface area (Å²) >= 11 is 6.09. The molecular weight excluding hydrogens is 418 g/mol. The Morgan fingerprint density at radius 1 is 1.17 bits per heavy atom. The minimum atomic E-state index is -3.10. The normalized spacial score (nSPS) is 18.6. The monoisotopic (exact) mass is 445 g/mol. The summed E-state index contributed by atoms with van der Waals surface area (Å²) in [6, 6.07) is 15.1. The van der Waals surface area contributed by atoms with E-state index in [1.54, 1.807) is 23.1 Å². The molecule has 1 saturated heterocycles. The molecule has 30 heavy (non-hydrogen) atoms. The van der Waals surface area contributed by atoms with Crippen molar-refractivity contribution in [3.05, 3.63) is 76.3 Å². The van der Waals surface area contributed by atoms with Crippen molar-refractivity contribution in [1.82, 2.24) is 4.90 Å². The molecule has 0 aromatic heterocycles. The zero-order valence-corrected chi connectivity index (χ0v) is 19.2. The second-order valence-electron chi connectivity index (χ2n) is 8.86. The van der Waals surface area contributed by atoms with Crippen molar-refractivity contribution in [1.29, 1.82) is 0 Å². The molecule has 0 spiro atoms. The van der Waals surface area contributed by atoms with Crippen LogP contribution in [0, 0.1) is 0 Å². The van der Waals surface area contributed by atoms with Crippen molar-refractivity contribution in [2.75, 3.05) is 11.5 Å². The van der Waals surface area contributed by atoms with Crippen LogP contribution < -0.4 is 0 Å².